The van der Waals surface area contributed by atoms with E-state index in [0.29, 0.717) is 0 Å². The van der Waals surface area contributed by atoms with Crippen LogP contribution >= 0.6 is 0 Å². The average molecular weight is 109 g/mol. The van der Waals surface area contributed by atoms with Gasteiger partial charge >= 0.3 is 0 Å². The van der Waals surface area contributed by atoms with Gasteiger partial charge in [0.25, 0.3) is 0 Å². The molecule has 44 valence electrons. The minimum atomic E-state index is 0.796. The van der Waals surface area contributed by atoms with E-state index in [0.717, 1.165) is 6.04 Å². The lowest BCUT2D eigenvalue weighted by molar-refractivity contribution is 0.447. The summed E-state index contributed by atoms with van der Waals surface area (Å²) < 4.78 is 0. The number of hydrogen-bond donors (Lipinski definition) is 0. The first-order valence-electron chi connectivity index (χ1n) is 2.92. The highest BCUT2D eigenvalue weighted by molar-refractivity contribution is 4.89. The Morgan fingerprint density at radius 3 is 2.75 bits per heavy atom. The summed E-state index contributed by atoms with van der Waals surface area (Å²) in [4.78, 5) is 2.16. The van der Waals surface area contributed by atoms with Gasteiger partial charge in [-0.3, -0.25) is 0 Å². The normalized spacial score (nSPS) is 17.1. The molecule has 0 N–H and O–H groups in total. The largest absolute Gasteiger partial charge is 0.371 e. The van der Waals surface area contributed by atoms with E-state index in [9.17, 15) is 0 Å². The average Bonchev–Trinajstić information content (AvgIpc) is 2.45. The molecular weight excluding hydrogens is 98.1 g/mol. The maximum atomic E-state index is 3.49. The van der Waals surface area contributed by atoms with Crippen LogP contribution in [0.4, 0.5) is 0 Å². The lowest BCUT2D eigenvalue weighted by Gasteiger charge is -2.08. The van der Waals surface area contributed by atoms with Crippen LogP contribution in [0.15, 0.2) is 18.5 Å². The molecule has 1 heteroatoms. The van der Waals surface area contributed by atoms with E-state index in [2.05, 4.69) is 24.3 Å². The number of hydrogen-bond acceptors (Lipinski definition) is 1. The first kappa shape index (κ1) is 5.46. The molecule has 0 radical (unpaired) electrons. The standard InChI is InChI=1S/C7H11N/c1-3-6-8(2)7-4-5-7/h6-7H,1,4-5H2,2H3. The van der Waals surface area contributed by atoms with Crippen molar-refractivity contribution in [2.24, 2.45) is 0 Å². The van der Waals surface area contributed by atoms with Gasteiger partial charge in [0, 0.05) is 19.3 Å². The quantitative estimate of drug-likeness (QED) is 0.484. The predicted molar refractivity (Wildman–Crippen MR) is 34.5 cm³/mol. The van der Waals surface area contributed by atoms with Crippen LogP contribution in [-0.2, 0) is 0 Å². The molecule has 1 saturated carbocycles. The van der Waals surface area contributed by atoms with Crippen LogP contribution in [-0.4, -0.2) is 18.0 Å². The maximum absolute atomic E-state index is 3.49. The molecule has 0 aromatic rings. The summed E-state index contributed by atoms with van der Waals surface area (Å²) >= 11 is 0. The molecule has 0 aromatic heterocycles. The molecule has 1 aliphatic carbocycles. The van der Waals surface area contributed by atoms with Crippen LogP contribution < -0.4 is 0 Å². The molecule has 0 aromatic carbocycles. The monoisotopic (exact) mass is 109 g/mol. The lowest BCUT2D eigenvalue weighted by atomic mass is 10.6. The lowest BCUT2D eigenvalue weighted by Crippen LogP contribution is -2.11. The summed E-state index contributed by atoms with van der Waals surface area (Å²) in [7, 11) is 2.07. The Morgan fingerprint density at radius 2 is 2.38 bits per heavy atom. The smallest absolute Gasteiger partial charge is 0.0417 e. The van der Waals surface area contributed by atoms with E-state index in [1.165, 1.54) is 12.8 Å². The Bertz CT molecular complexity index is 118. The van der Waals surface area contributed by atoms with E-state index < -0.39 is 0 Å². The predicted octanol–water partition coefficient (Wildman–Crippen LogP) is 1.38. The Hall–Kier alpha value is -0.680. The minimum absolute atomic E-state index is 0.796. The Kier molecular flexibility index (Phi) is 1.40. The molecule has 0 saturated heterocycles. The van der Waals surface area contributed by atoms with Gasteiger partial charge in [0.2, 0.25) is 0 Å². The van der Waals surface area contributed by atoms with E-state index in [-0.39, 0.29) is 0 Å². The van der Waals surface area contributed by atoms with Gasteiger partial charge in [-0.15, -0.1) is 5.73 Å². The Balaban J connectivity index is 2.32. The van der Waals surface area contributed by atoms with Crippen LogP contribution in [0, 0.1) is 0 Å². The molecule has 1 rings (SSSR count). The highest BCUT2D eigenvalue weighted by Crippen LogP contribution is 2.24. The first-order valence-corrected chi connectivity index (χ1v) is 2.92. The highest BCUT2D eigenvalue weighted by Gasteiger charge is 2.23. The van der Waals surface area contributed by atoms with Gasteiger partial charge in [0.1, 0.15) is 0 Å². The molecule has 0 heterocycles. The molecule has 0 atom stereocenters. The van der Waals surface area contributed by atoms with Gasteiger partial charge in [0.15, 0.2) is 0 Å². The summed E-state index contributed by atoms with van der Waals surface area (Å²) in [5.41, 5.74) is 2.74. The van der Waals surface area contributed by atoms with Crippen LogP contribution in [0.1, 0.15) is 12.8 Å². The molecule has 0 amide bonds. The SMILES string of the molecule is C=C=CN(C)C1CC1. The second-order valence-electron chi connectivity index (χ2n) is 2.23. The zero-order chi connectivity index (χ0) is 5.98. The fraction of sp³-hybridized carbons (Fsp3) is 0.571. The molecule has 0 bridgehead atoms. The number of rotatable bonds is 2. The topological polar surface area (TPSA) is 3.24 Å². The third-order valence-corrected chi connectivity index (χ3v) is 1.42. The molecule has 0 spiro atoms. The van der Waals surface area contributed by atoms with Crippen LogP contribution in [0.2, 0.25) is 0 Å². The summed E-state index contributed by atoms with van der Waals surface area (Å²) in [6, 6.07) is 0.796. The molecular formula is C7H11N. The van der Waals surface area contributed by atoms with Crippen molar-refractivity contribution in [3.05, 3.63) is 18.5 Å². The van der Waals surface area contributed by atoms with E-state index >= 15 is 0 Å². The highest BCUT2D eigenvalue weighted by atomic mass is 15.1. The van der Waals surface area contributed by atoms with Crippen molar-refractivity contribution in [2.75, 3.05) is 7.05 Å². The molecule has 0 aliphatic heterocycles. The van der Waals surface area contributed by atoms with Crippen molar-refractivity contribution in [1.29, 1.82) is 0 Å². The van der Waals surface area contributed by atoms with Gasteiger partial charge in [0.05, 0.1) is 0 Å². The van der Waals surface area contributed by atoms with Crippen LogP contribution in [0.25, 0.3) is 0 Å². The third kappa shape index (κ3) is 1.14. The van der Waals surface area contributed by atoms with Crippen molar-refractivity contribution in [3.63, 3.8) is 0 Å². The number of nitrogens with zero attached hydrogens (tertiary/aromatic N) is 1. The van der Waals surface area contributed by atoms with E-state index in [4.69, 9.17) is 0 Å². The zero-order valence-electron chi connectivity index (χ0n) is 5.22. The van der Waals surface area contributed by atoms with Gasteiger partial charge in [-0.05, 0) is 12.8 Å². The Morgan fingerprint density at radius 1 is 1.75 bits per heavy atom. The second kappa shape index (κ2) is 2.06. The Labute approximate surface area is 50.3 Å². The van der Waals surface area contributed by atoms with Crippen molar-refractivity contribution in [3.8, 4) is 0 Å². The zero-order valence-corrected chi connectivity index (χ0v) is 5.22. The van der Waals surface area contributed by atoms with Crippen molar-refractivity contribution in [2.45, 2.75) is 18.9 Å². The fourth-order valence-corrected chi connectivity index (χ4v) is 0.731. The summed E-state index contributed by atoms with van der Waals surface area (Å²) in [6.45, 7) is 3.49. The molecule has 1 fully saturated rings. The fourth-order valence-electron chi connectivity index (χ4n) is 0.731. The van der Waals surface area contributed by atoms with E-state index in [1.54, 1.807) is 0 Å². The van der Waals surface area contributed by atoms with Crippen molar-refractivity contribution >= 4 is 0 Å². The van der Waals surface area contributed by atoms with Gasteiger partial charge < -0.3 is 4.90 Å². The maximum Gasteiger partial charge on any atom is 0.0417 e. The molecule has 8 heavy (non-hydrogen) atoms. The summed E-state index contributed by atoms with van der Waals surface area (Å²) in [5.74, 6) is 0. The van der Waals surface area contributed by atoms with Gasteiger partial charge in [-0.25, -0.2) is 0 Å². The van der Waals surface area contributed by atoms with Crippen molar-refractivity contribution < 1.29 is 0 Å². The first-order chi connectivity index (χ1) is 3.84. The van der Waals surface area contributed by atoms with E-state index in [1.807, 2.05) is 6.20 Å². The van der Waals surface area contributed by atoms with Crippen LogP contribution in [0.5, 0.6) is 0 Å². The summed E-state index contributed by atoms with van der Waals surface area (Å²) in [6.07, 6.45) is 4.58. The van der Waals surface area contributed by atoms with Crippen LogP contribution in [0.3, 0.4) is 0 Å². The van der Waals surface area contributed by atoms with Crippen molar-refractivity contribution in [1.82, 2.24) is 4.90 Å². The molecule has 1 aliphatic rings. The molecule has 1 nitrogen and oxygen atoms in total. The molecule has 0 unspecified atom stereocenters. The minimum Gasteiger partial charge on any atom is -0.371 e. The third-order valence-electron chi connectivity index (χ3n) is 1.42. The summed E-state index contributed by atoms with van der Waals surface area (Å²) in [5, 5.41) is 0. The second-order valence-corrected chi connectivity index (χ2v) is 2.23. The van der Waals surface area contributed by atoms with Gasteiger partial charge in [-0.1, -0.05) is 6.58 Å². The van der Waals surface area contributed by atoms with Gasteiger partial charge in [-0.2, -0.15) is 0 Å².